The standard InChI is InChI=1S/C14H27N5S/c1-5-8-15-12-7-6-11(10(2)3)9-13(12)20-14-16-17-18-19(14)4/h10-13,15H,5-9H2,1-4H3. The fraction of sp³-hybridized carbons (Fsp3) is 0.929. The van der Waals surface area contributed by atoms with Gasteiger partial charge in [-0.2, -0.15) is 0 Å². The highest BCUT2D eigenvalue weighted by molar-refractivity contribution is 7.99. The van der Waals surface area contributed by atoms with Gasteiger partial charge in [0.1, 0.15) is 0 Å². The number of aryl methyl sites for hydroxylation is 1. The van der Waals surface area contributed by atoms with Crippen LogP contribution in [0.25, 0.3) is 0 Å². The molecule has 0 radical (unpaired) electrons. The van der Waals surface area contributed by atoms with E-state index in [9.17, 15) is 0 Å². The Bertz CT molecular complexity index is 406. The van der Waals surface area contributed by atoms with E-state index in [0.717, 1.165) is 23.5 Å². The van der Waals surface area contributed by atoms with E-state index in [0.29, 0.717) is 11.3 Å². The van der Waals surface area contributed by atoms with E-state index in [2.05, 4.69) is 41.6 Å². The summed E-state index contributed by atoms with van der Waals surface area (Å²) in [4.78, 5) is 0. The first-order valence-electron chi connectivity index (χ1n) is 7.74. The molecule has 0 aromatic carbocycles. The number of nitrogens with one attached hydrogen (secondary N) is 1. The van der Waals surface area contributed by atoms with Gasteiger partial charge in [0.05, 0.1) is 0 Å². The number of rotatable bonds is 6. The molecule has 2 rings (SSSR count). The van der Waals surface area contributed by atoms with Crippen LogP contribution in [0.15, 0.2) is 5.16 Å². The van der Waals surface area contributed by atoms with E-state index in [-0.39, 0.29) is 0 Å². The van der Waals surface area contributed by atoms with Crippen molar-refractivity contribution in [2.24, 2.45) is 18.9 Å². The Hall–Kier alpha value is -0.620. The Morgan fingerprint density at radius 2 is 2.20 bits per heavy atom. The number of thioether (sulfide) groups is 1. The van der Waals surface area contributed by atoms with Crippen molar-refractivity contribution in [3.63, 3.8) is 0 Å². The lowest BCUT2D eigenvalue weighted by molar-refractivity contribution is 0.246. The van der Waals surface area contributed by atoms with Crippen molar-refractivity contribution in [3.8, 4) is 0 Å². The predicted molar refractivity (Wildman–Crippen MR) is 82.7 cm³/mol. The maximum atomic E-state index is 4.13. The normalized spacial score (nSPS) is 27.1. The summed E-state index contributed by atoms with van der Waals surface area (Å²) in [5, 5.41) is 17.0. The second kappa shape index (κ2) is 7.41. The summed E-state index contributed by atoms with van der Waals surface area (Å²) in [6.45, 7) is 8.01. The highest BCUT2D eigenvalue weighted by atomic mass is 32.2. The van der Waals surface area contributed by atoms with Crippen LogP contribution in [0.5, 0.6) is 0 Å². The fourth-order valence-electron chi connectivity index (χ4n) is 2.92. The van der Waals surface area contributed by atoms with Crippen LogP contribution < -0.4 is 5.32 Å². The number of tetrazole rings is 1. The predicted octanol–water partition coefficient (Wildman–Crippen LogP) is 2.50. The Morgan fingerprint density at radius 3 is 2.80 bits per heavy atom. The van der Waals surface area contributed by atoms with Crippen LogP contribution >= 0.6 is 11.8 Å². The Morgan fingerprint density at radius 1 is 1.40 bits per heavy atom. The van der Waals surface area contributed by atoms with Gasteiger partial charge < -0.3 is 5.32 Å². The van der Waals surface area contributed by atoms with Crippen LogP contribution in [0.4, 0.5) is 0 Å². The Balaban J connectivity index is 2.03. The topological polar surface area (TPSA) is 55.6 Å². The van der Waals surface area contributed by atoms with Crippen LogP contribution in [0.1, 0.15) is 46.5 Å². The average Bonchev–Trinajstić information content (AvgIpc) is 2.82. The molecule has 1 aliphatic rings. The first-order valence-corrected chi connectivity index (χ1v) is 8.62. The van der Waals surface area contributed by atoms with Gasteiger partial charge in [-0.25, -0.2) is 4.68 Å². The zero-order chi connectivity index (χ0) is 14.5. The van der Waals surface area contributed by atoms with Crippen molar-refractivity contribution < 1.29 is 0 Å². The molecule has 20 heavy (non-hydrogen) atoms. The van der Waals surface area contributed by atoms with Crippen LogP contribution in [0.2, 0.25) is 0 Å². The molecule has 6 heteroatoms. The summed E-state index contributed by atoms with van der Waals surface area (Å²) >= 11 is 1.84. The molecule has 5 nitrogen and oxygen atoms in total. The van der Waals surface area contributed by atoms with E-state index in [1.54, 1.807) is 4.68 Å². The van der Waals surface area contributed by atoms with E-state index < -0.39 is 0 Å². The van der Waals surface area contributed by atoms with Gasteiger partial charge in [-0.3, -0.25) is 0 Å². The minimum atomic E-state index is 0.576. The smallest absolute Gasteiger partial charge is 0.209 e. The van der Waals surface area contributed by atoms with Gasteiger partial charge in [0.25, 0.3) is 0 Å². The number of nitrogens with zero attached hydrogens (tertiary/aromatic N) is 4. The van der Waals surface area contributed by atoms with Gasteiger partial charge in [0.2, 0.25) is 5.16 Å². The quantitative estimate of drug-likeness (QED) is 0.874. The maximum absolute atomic E-state index is 4.13. The summed E-state index contributed by atoms with van der Waals surface area (Å²) in [7, 11) is 1.92. The second-order valence-electron chi connectivity index (χ2n) is 6.12. The molecule has 0 bridgehead atoms. The molecule has 1 aliphatic carbocycles. The van der Waals surface area contributed by atoms with Crippen LogP contribution in [0, 0.1) is 11.8 Å². The molecule has 0 amide bonds. The average molecular weight is 297 g/mol. The molecule has 0 aliphatic heterocycles. The molecule has 0 saturated heterocycles. The molecule has 1 N–H and O–H groups in total. The maximum Gasteiger partial charge on any atom is 0.209 e. The summed E-state index contributed by atoms with van der Waals surface area (Å²) in [5.41, 5.74) is 0. The summed E-state index contributed by atoms with van der Waals surface area (Å²) in [6, 6.07) is 0.589. The molecule has 1 heterocycles. The van der Waals surface area contributed by atoms with Crippen molar-refractivity contribution in [1.29, 1.82) is 0 Å². The van der Waals surface area contributed by atoms with Crippen molar-refractivity contribution in [1.82, 2.24) is 25.5 Å². The Labute approximate surface area is 126 Å². The third-order valence-electron chi connectivity index (χ3n) is 4.27. The van der Waals surface area contributed by atoms with Crippen LogP contribution in [-0.2, 0) is 7.05 Å². The zero-order valence-corrected chi connectivity index (χ0v) is 13.9. The van der Waals surface area contributed by atoms with Gasteiger partial charge in [0.15, 0.2) is 0 Å². The van der Waals surface area contributed by atoms with Crippen LogP contribution in [-0.4, -0.2) is 38.0 Å². The molecule has 1 aromatic rings. The van der Waals surface area contributed by atoms with Crippen molar-refractivity contribution >= 4 is 11.8 Å². The Kier molecular flexibility index (Phi) is 5.84. The summed E-state index contributed by atoms with van der Waals surface area (Å²) in [6.07, 6.45) is 5.06. The van der Waals surface area contributed by atoms with Crippen molar-refractivity contribution in [2.75, 3.05) is 6.54 Å². The largest absolute Gasteiger partial charge is 0.313 e. The lowest BCUT2D eigenvalue weighted by atomic mass is 9.79. The van der Waals surface area contributed by atoms with E-state index in [1.165, 1.54) is 25.7 Å². The highest BCUT2D eigenvalue weighted by Crippen LogP contribution is 2.38. The fourth-order valence-corrected chi connectivity index (χ4v) is 4.20. The SMILES string of the molecule is CCCNC1CCC(C(C)C)CC1Sc1nnnn1C. The molecule has 114 valence electrons. The first kappa shape index (κ1) is 15.8. The number of hydrogen-bond acceptors (Lipinski definition) is 5. The molecular weight excluding hydrogens is 270 g/mol. The number of hydrogen-bond donors (Lipinski definition) is 1. The molecule has 3 unspecified atom stereocenters. The highest BCUT2D eigenvalue weighted by Gasteiger charge is 2.33. The first-order chi connectivity index (χ1) is 9.61. The molecule has 0 spiro atoms. The lowest BCUT2D eigenvalue weighted by Gasteiger charge is -2.37. The minimum absolute atomic E-state index is 0.576. The van der Waals surface area contributed by atoms with Gasteiger partial charge in [0, 0.05) is 18.3 Å². The second-order valence-corrected chi connectivity index (χ2v) is 7.33. The zero-order valence-electron chi connectivity index (χ0n) is 13.0. The van der Waals surface area contributed by atoms with Crippen LogP contribution in [0.3, 0.4) is 0 Å². The van der Waals surface area contributed by atoms with Gasteiger partial charge in [-0.05, 0) is 54.5 Å². The summed E-state index contributed by atoms with van der Waals surface area (Å²) in [5.74, 6) is 1.59. The number of aromatic nitrogens is 4. The molecule has 1 saturated carbocycles. The van der Waals surface area contributed by atoms with Gasteiger partial charge >= 0.3 is 0 Å². The lowest BCUT2D eigenvalue weighted by Crippen LogP contribution is -2.43. The molecule has 1 aromatic heterocycles. The van der Waals surface area contributed by atoms with Crippen molar-refractivity contribution in [3.05, 3.63) is 0 Å². The molecule has 1 fully saturated rings. The summed E-state index contributed by atoms with van der Waals surface area (Å²) < 4.78 is 1.78. The van der Waals surface area contributed by atoms with Gasteiger partial charge in [-0.1, -0.05) is 32.5 Å². The van der Waals surface area contributed by atoms with Gasteiger partial charge in [-0.15, -0.1) is 5.10 Å². The third-order valence-corrected chi connectivity index (χ3v) is 5.65. The van der Waals surface area contributed by atoms with E-state index >= 15 is 0 Å². The third kappa shape index (κ3) is 3.95. The monoisotopic (exact) mass is 297 g/mol. The van der Waals surface area contributed by atoms with E-state index in [1.807, 2.05) is 18.8 Å². The molecular formula is C14H27N5S. The minimum Gasteiger partial charge on any atom is -0.313 e. The van der Waals surface area contributed by atoms with E-state index in [4.69, 9.17) is 0 Å². The van der Waals surface area contributed by atoms with Crippen molar-refractivity contribution in [2.45, 2.75) is 62.9 Å². The molecule has 3 atom stereocenters.